The first kappa shape index (κ1) is 12.3. The highest BCUT2D eigenvalue weighted by Crippen LogP contribution is 2.10. The fourth-order valence-electron chi connectivity index (χ4n) is 0.938. The number of rotatable bonds is 6. The second kappa shape index (κ2) is 5.90. The summed E-state index contributed by atoms with van der Waals surface area (Å²) < 4.78 is 4.70. The molecule has 0 fully saturated rings. The summed E-state index contributed by atoms with van der Waals surface area (Å²) in [7, 11) is 1.51. The average Bonchev–Trinajstić information content (AvgIpc) is 2.14. The minimum Gasteiger partial charge on any atom is -0.463 e. The van der Waals surface area contributed by atoms with Crippen molar-refractivity contribution in [2.45, 2.75) is 25.5 Å². The van der Waals surface area contributed by atoms with Crippen LogP contribution in [0.2, 0.25) is 0 Å². The molecule has 0 aliphatic rings. The molecule has 5 nitrogen and oxygen atoms in total. The van der Waals surface area contributed by atoms with E-state index in [-0.39, 0.29) is 13.0 Å². The maximum Gasteiger partial charge on any atom is 0.353 e. The molecule has 13 heavy (non-hydrogen) atoms. The van der Waals surface area contributed by atoms with Gasteiger partial charge >= 0.3 is 5.97 Å². The lowest BCUT2D eigenvalue weighted by molar-refractivity contribution is -0.169. The molecule has 0 saturated carbocycles. The smallest absolute Gasteiger partial charge is 0.353 e. The zero-order valence-corrected chi connectivity index (χ0v) is 8.17. The number of hydrogen-bond acceptors (Lipinski definition) is 5. The van der Waals surface area contributed by atoms with Crippen LogP contribution in [-0.4, -0.2) is 37.0 Å². The summed E-state index contributed by atoms with van der Waals surface area (Å²) in [6.45, 7) is 2.38. The highest BCUT2D eigenvalue weighted by atomic mass is 16.6. The van der Waals surface area contributed by atoms with Crippen LogP contribution < -0.4 is 11.1 Å². The summed E-state index contributed by atoms with van der Waals surface area (Å²) in [5.74, 6) is -0.647. The van der Waals surface area contributed by atoms with Crippen LogP contribution in [0.1, 0.15) is 19.8 Å². The maximum atomic E-state index is 11.2. The van der Waals surface area contributed by atoms with Crippen molar-refractivity contribution in [3.05, 3.63) is 0 Å². The quantitative estimate of drug-likeness (QED) is 0.377. The molecule has 0 bridgehead atoms. The monoisotopic (exact) mass is 190 g/mol. The highest BCUT2D eigenvalue weighted by Gasteiger charge is 2.34. The summed E-state index contributed by atoms with van der Waals surface area (Å²) in [4.78, 5) is 11.2. The van der Waals surface area contributed by atoms with Crippen molar-refractivity contribution in [1.29, 1.82) is 0 Å². The van der Waals surface area contributed by atoms with E-state index in [0.717, 1.165) is 0 Å². The Morgan fingerprint density at radius 2 is 2.31 bits per heavy atom. The summed E-state index contributed by atoms with van der Waals surface area (Å²) in [6, 6.07) is 0. The van der Waals surface area contributed by atoms with Gasteiger partial charge in [-0.25, -0.2) is 4.79 Å². The maximum absolute atomic E-state index is 11.2. The van der Waals surface area contributed by atoms with Gasteiger partial charge in [-0.3, -0.25) is 5.32 Å². The van der Waals surface area contributed by atoms with Gasteiger partial charge in [-0.15, -0.1) is 0 Å². The largest absolute Gasteiger partial charge is 0.463 e. The molecule has 78 valence electrons. The van der Waals surface area contributed by atoms with Gasteiger partial charge in [0.15, 0.2) is 0 Å². The van der Waals surface area contributed by atoms with E-state index in [1.54, 1.807) is 6.92 Å². The predicted molar refractivity (Wildman–Crippen MR) is 48.9 cm³/mol. The molecule has 0 heterocycles. The molecule has 0 aliphatic heterocycles. The van der Waals surface area contributed by atoms with E-state index < -0.39 is 11.7 Å². The number of carbonyl (C=O) groups excluding carboxylic acids is 1. The lowest BCUT2D eigenvalue weighted by atomic mass is 10.1. The van der Waals surface area contributed by atoms with Crippen molar-refractivity contribution in [1.82, 2.24) is 5.32 Å². The van der Waals surface area contributed by atoms with Crippen LogP contribution >= 0.6 is 0 Å². The van der Waals surface area contributed by atoms with Crippen LogP contribution in [0.25, 0.3) is 0 Å². The molecule has 1 unspecified atom stereocenters. The van der Waals surface area contributed by atoms with Gasteiger partial charge in [-0.2, -0.15) is 0 Å². The molecule has 0 amide bonds. The molecule has 5 heteroatoms. The van der Waals surface area contributed by atoms with Crippen LogP contribution in [0.3, 0.4) is 0 Å². The molecular formula is C8H18N2O3. The molecule has 0 aromatic carbocycles. The van der Waals surface area contributed by atoms with E-state index in [1.807, 2.05) is 0 Å². The van der Waals surface area contributed by atoms with E-state index in [9.17, 15) is 9.90 Å². The summed E-state index contributed by atoms with van der Waals surface area (Å²) in [6.07, 6.45) is 0.828. The van der Waals surface area contributed by atoms with Crippen LogP contribution in [0.15, 0.2) is 0 Å². The first-order valence-corrected chi connectivity index (χ1v) is 4.39. The fourth-order valence-corrected chi connectivity index (χ4v) is 0.938. The number of esters is 1. The molecule has 0 spiro atoms. The van der Waals surface area contributed by atoms with E-state index >= 15 is 0 Å². The van der Waals surface area contributed by atoms with Crippen molar-refractivity contribution in [3.63, 3.8) is 0 Å². The number of carbonyl (C=O) groups is 1. The number of likely N-dealkylation sites (N-methyl/N-ethyl adjacent to an activating group) is 1. The van der Waals surface area contributed by atoms with Gasteiger partial charge in [0, 0.05) is 6.42 Å². The van der Waals surface area contributed by atoms with Crippen LogP contribution in [0.5, 0.6) is 0 Å². The molecule has 0 radical (unpaired) electrons. The summed E-state index contributed by atoms with van der Waals surface area (Å²) in [5, 5.41) is 12.2. The fraction of sp³-hybridized carbons (Fsp3) is 0.875. The topological polar surface area (TPSA) is 84.6 Å². The van der Waals surface area contributed by atoms with Crippen molar-refractivity contribution in [2.75, 3.05) is 20.2 Å². The Labute approximate surface area is 78.3 Å². The number of aliphatic hydroxyl groups is 1. The van der Waals surface area contributed by atoms with Gasteiger partial charge < -0.3 is 15.6 Å². The molecule has 0 rings (SSSR count). The Hall–Kier alpha value is -0.650. The number of nitrogens with two attached hydrogens (primary N) is 1. The zero-order valence-electron chi connectivity index (χ0n) is 8.17. The molecule has 4 N–H and O–H groups in total. The van der Waals surface area contributed by atoms with E-state index in [1.165, 1.54) is 7.05 Å². The van der Waals surface area contributed by atoms with Crippen LogP contribution in [0.4, 0.5) is 0 Å². The Bertz CT molecular complexity index is 163. The summed E-state index contributed by atoms with van der Waals surface area (Å²) >= 11 is 0. The summed E-state index contributed by atoms with van der Waals surface area (Å²) in [5.41, 5.74) is 3.69. The normalized spacial score (nSPS) is 15.1. The van der Waals surface area contributed by atoms with Gasteiger partial charge in [0.1, 0.15) is 0 Å². The Morgan fingerprint density at radius 1 is 1.69 bits per heavy atom. The number of ether oxygens (including phenoxy) is 1. The van der Waals surface area contributed by atoms with Gasteiger partial charge in [0.05, 0.1) is 6.61 Å². The molecule has 0 aliphatic carbocycles. The van der Waals surface area contributed by atoms with Crippen molar-refractivity contribution in [2.24, 2.45) is 5.73 Å². The van der Waals surface area contributed by atoms with Crippen LogP contribution in [0, 0.1) is 0 Å². The minimum absolute atomic E-state index is 0.255. The zero-order chi connectivity index (χ0) is 10.3. The molecule has 0 aromatic heterocycles. The lowest BCUT2D eigenvalue weighted by Gasteiger charge is -2.24. The second-order valence-electron chi connectivity index (χ2n) is 2.72. The molecule has 0 aromatic rings. The van der Waals surface area contributed by atoms with Gasteiger partial charge in [0.2, 0.25) is 5.72 Å². The van der Waals surface area contributed by atoms with Crippen molar-refractivity contribution < 1.29 is 14.6 Å². The predicted octanol–water partition coefficient (Wildman–Crippen LogP) is -0.804. The molecular weight excluding hydrogens is 172 g/mol. The molecule has 0 saturated heterocycles. The third kappa shape index (κ3) is 3.71. The second-order valence-corrected chi connectivity index (χ2v) is 2.72. The molecule has 1 atom stereocenters. The van der Waals surface area contributed by atoms with Crippen molar-refractivity contribution in [3.8, 4) is 0 Å². The van der Waals surface area contributed by atoms with Gasteiger partial charge in [-0.05, 0) is 26.9 Å². The third-order valence-corrected chi connectivity index (χ3v) is 1.77. The first-order valence-electron chi connectivity index (χ1n) is 4.39. The van der Waals surface area contributed by atoms with E-state index in [2.05, 4.69) is 5.32 Å². The standard InChI is InChI=1S/C8H18N2O3/c1-3-13-7(11)8(12,10-2)5-4-6-9/h10,12H,3-6,9H2,1-2H3. The first-order chi connectivity index (χ1) is 6.10. The third-order valence-electron chi connectivity index (χ3n) is 1.77. The van der Waals surface area contributed by atoms with Gasteiger partial charge in [0.25, 0.3) is 0 Å². The number of nitrogens with one attached hydrogen (secondary N) is 1. The Balaban J connectivity index is 4.16. The number of hydrogen-bond donors (Lipinski definition) is 3. The Kier molecular flexibility index (Phi) is 5.61. The highest BCUT2D eigenvalue weighted by molar-refractivity contribution is 5.78. The van der Waals surface area contributed by atoms with E-state index in [4.69, 9.17) is 10.5 Å². The van der Waals surface area contributed by atoms with Crippen molar-refractivity contribution >= 4 is 5.97 Å². The minimum atomic E-state index is -1.59. The van der Waals surface area contributed by atoms with Gasteiger partial charge in [-0.1, -0.05) is 0 Å². The SMILES string of the molecule is CCOC(=O)C(O)(CCCN)NC. The Morgan fingerprint density at radius 3 is 2.69 bits per heavy atom. The average molecular weight is 190 g/mol. The van der Waals surface area contributed by atoms with E-state index in [0.29, 0.717) is 13.0 Å². The lowest BCUT2D eigenvalue weighted by Crippen LogP contribution is -2.51. The van der Waals surface area contributed by atoms with Crippen LogP contribution in [-0.2, 0) is 9.53 Å².